The predicted molar refractivity (Wildman–Crippen MR) is 162 cm³/mol. The maximum Gasteiger partial charge on any atom is 0.328 e. The van der Waals surface area contributed by atoms with Crippen LogP contribution in [0.4, 0.5) is 5.82 Å². The lowest BCUT2D eigenvalue weighted by Gasteiger charge is -2.32. The Bertz CT molecular complexity index is 1440. The lowest BCUT2D eigenvalue weighted by atomic mass is 9.93. The highest BCUT2D eigenvalue weighted by molar-refractivity contribution is 5.88. The topological polar surface area (TPSA) is 196 Å². The van der Waals surface area contributed by atoms with Crippen molar-refractivity contribution in [2.24, 2.45) is 11.8 Å². The number of piperidine rings is 1. The first-order valence-electron chi connectivity index (χ1n) is 14.6. The average molecular weight is 596 g/mol. The fraction of sp³-hybridized carbons (Fsp3) is 0.483. The van der Waals surface area contributed by atoms with Gasteiger partial charge in [0.25, 0.3) is 5.91 Å². The van der Waals surface area contributed by atoms with Crippen molar-refractivity contribution in [3.63, 3.8) is 0 Å². The van der Waals surface area contributed by atoms with Crippen LogP contribution in [0.25, 0.3) is 11.2 Å². The molecule has 0 bridgehead atoms. The van der Waals surface area contributed by atoms with E-state index in [-0.39, 0.29) is 30.0 Å². The van der Waals surface area contributed by atoms with Crippen molar-refractivity contribution in [1.82, 2.24) is 35.1 Å². The first-order valence-corrected chi connectivity index (χ1v) is 14.6. The van der Waals surface area contributed by atoms with Crippen molar-refractivity contribution in [2.75, 3.05) is 38.6 Å². The molecular formula is C29H41N9O5. The van der Waals surface area contributed by atoms with Gasteiger partial charge in [-0.1, -0.05) is 37.6 Å². The molecule has 14 heteroatoms. The Morgan fingerprint density at radius 1 is 1.14 bits per heavy atom. The second-order valence-electron chi connectivity index (χ2n) is 10.6. The molecule has 0 spiro atoms. The molecule has 14 nitrogen and oxygen atoms in total. The lowest BCUT2D eigenvalue weighted by Crippen LogP contribution is -2.34. The number of hydrogen-bond acceptors (Lipinski definition) is 10. The number of rotatable bonds is 15. The highest BCUT2D eigenvalue weighted by atomic mass is 16.6. The monoisotopic (exact) mass is 595 g/mol. The van der Waals surface area contributed by atoms with Crippen molar-refractivity contribution in [1.29, 1.82) is 0 Å². The predicted octanol–water partition coefficient (Wildman–Crippen LogP) is 1.17. The summed E-state index contributed by atoms with van der Waals surface area (Å²) in [4.78, 5) is 53.8. The van der Waals surface area contributed by atoms with Gasteiger partial charge in [0, 0.05) is 25.4 Å². The third kappa shape index (κ3) is 9.36. The first-order chi connectivity index (χ1) is 20.9. The second-order valence-corrected chi connectivity index (χ2v) is 10.6. The first kappa shape index (κ1) is 31.7. The van der Waals surface area contributed by atoms with E-state index in [1.54, 1.807) is 4.57 Å². The van der Waals surface area contributed by atoms with Gasteiger partial charge in [0.2, 0.25) is 5.91 Å². The lowest BCUT2D eigenvalue weighted by molar-refractivity contribution is -0.124. The Kier molecular flexibility index (Phi) is 11.6. The zero-order valence-electron chi connectivity index (χ0n) is 24.5. The van der Waals surface area contributed by atoms with Gasteiger partial charge in [-0.2, -0.15) is 9.97 Å². The van der Waals surface area contributed by atoms with E-state index in [9.17, 15) is 14.4 Å². The van der Waals surface area contributed by atoms with Crippen LogP contribution in [0.3, 0.4) is 0 Å². The fourth-order valence-electron chi connectivity index (χ4n) is 4.96. The molecule has 0 aliphatic carbocycles. The maximum absolute atomic E-state index is 12.7. The molecule has 43 heavy (non-hydrogen) atoms. The van der Waals surface area contributed by atoms with Gasteiger partial charge < -0.3 is 26.1 Å². The number of nitrogen functional groups attached to an aromatic ring is 1. The molecule has 0 atom stereocenters. The summed E-state index contributed by atoms with van der Waals surface area (Å²) < 4.78 is 7.18. The zero-order valence-corrected chi connectivity index (χ0v) is 24.5. The summed E-state index contributed by atoms with van der Waals surface area (Å²) in [7, 11) is 0. The van der Waals surface area contributed by atoms with Gasteiger partial charge in [-0.25, -0.2) is 10.7 Å². The number of amides is 2. The van der Waals surface area contributed by atoms with Crippen LogP contribution in [0.2, 0.25) is 0 Å². The largest absolute Gasteiger partial charge is 0.463 e. The van der Waals surface area contributed by atoms with E-state index >= 15 is 0 Å². The molecule has 0 saturated carbocycles. The molecule has 2 amide bonds. The number of fused-ring (bicyclic) bond motifs is 1. The van der Waals surface area contributed by atoms with Crippen LogP contribution in [0.1, 0.15) is 50.2 Å². The Balaban J connectivity index is 1.22. The van der Waals surface area contributed by atoms with Gasteiger partial charge in [-0.15, -0.1) is 0 Å². The molecule has 1 aromatic carbocycles. The number of carbonyl (C=O) groups is 2. The normalized spacial score (nSPS) is 14.4. The molecule has 1 saturated heterocycles. The summed E-state index contributed by atoms with van der Waals surface area (Å²) in [6, 6.07) is 8.43. The van der Waals surface area contributed by atoms with Gasteiger partial charge >= 0.3 is 11.7 Å². The van der Waals surface area contributed by atoms with E-state index in [4.69, 9.17) is 16.4 Å². The fourth-order valence-corrected chi connectivity index (χ4v) is 4.96. The molecule has 7 N–H and O–H groups in total. The molecule has 1 aliphatic heterocycles. The number of likely N-dealkylation sites (tertiary alicyclic amines) is 1. The Hall–Kier alpha value is -4.27. The van der Waals surface area contributed by atoms with Crippen LogP contribution in [0.5, 0.6) is 6.01 Å². The summed E-state index contributed by atoms with van der Waals surface area (Å²) in [6.07, 6.45) is 7.45. The van der Waals surface area contributed by atoms with Crippen LogP contribution in [-0.4, -0.2) is 69.1 Å². The molecular weight excluding hydrogens is 554 g/mol. The quantitative estimate of drug-likeness (QED) is 0.0966. The molecule has 3 aromatic rings. The van der Waals surface area contributed by atoms with Gasteiger partial charge in [-0.3, -0.25) is 23.9 Å². The summed E-state index contributed by atoms with van der Waals surface area (Å²) >= 11 is 0. The van der Waals surface area contributed by atoms with Crippen molar-refractivity contribution >= 4 is 28.8 Å². The number of benzene rings is 1. The second kappa shape index (κ2) is 15.8. The number of anilines is 1. The molecule has 2 aromatic heterocycles. The van der Waals surface area contributed by atoms with Crippen LogP contribution >= 0.6 is 0 Å². The minimum absolute atomic E-state index is 0.171. The van der Waals surface area contributed by atoms with Crippen molar-refractivity contribution in [3.05, 3.63) is 58.2 Å². The van der Waals surface area contributed by atoms with E-state index in [0.717, 1.165) is 57.3 Å². The number of hydrogen-bond donors (Lipinski definition) is 5. The molecule has 3 heterocycles. The number of aromatic amines is 1. The number of ether oxygens (including phenoxy) is 1. The molecule has 0 radical (unpaired) electrons. The number of aromatic nitrogens is 4. The molecule has 4 rings (SSSR count). The van der Waals surface area contributed by atoms with Crippen molar-refractivity contribution < 1.29 is 19.2 Å². The van der Waals surface area contributed by atoms with E-state index in [2.05, 4.69) is 54.4 Å². The van der Waals surface area contributed by atoms with E-state index in [1.807, 2.05) is 12.1 Å². The minimum atomic E-state index is -0.430. The van der Waals surface area contributed by atoms with Crippen LogP contribution < -0.4 is 32.7 Å². The molecule has 232 valence electrons. The number of nitrogens with two attached hydrogens (primary N) is 2. The van der Waals surface area contributed by atoms with E-state index < -0.39 is 5.91 Å². The standard InChI is InChI=1S/C29H41N9O5/c1-2-3-16-42-28-35-26(30)25-27(36-28)38(29(41)34-25)18-22-6-4-21(5-7-22)17-37-14-10-20(11-15-37)8-12-32-23(39)9-13-33-24(40)19-43-31/h4-7,9,13,20H,2-3,8,10-12,14-19,31H2,1H3,(H,32,39)(H,33,40)(H,34,41)(H2,30,35,36). The van der Waals surface area contributed by atoms with Crippen molar-refractivity contribution in [3.8, 4) is 6.01 Å². The number of H-pyrrole nitrogens is 1. The van der Waals surface area contributed by atoms with E-state index in [1.165, 1.54) is 17.8 Å². The smallest absolute Gasteiger partial charge is 0.328 e. The van der Waals surface area contributed by atoms with Crippen LogP contribution in [0.15, 0.2) is 41.3 Å². The third-order valence-electron chi connectivity index (χ3n) is 7.38. The number of nitrogens with one attached hydrogen (secondary N) is 3. The average Bonchev–Trinajstić information content (AvgIpc) is 3.30. The Labute approximate surface area is 249 Å². The third-order valence-corrected chi connectivity index (χ3v) is 7.38. The minimum Gasteiger partial charge on any atom is -0.463 e. The zero-order chi connectivity index (χ0) is 30.6. The summed E-state index contributed by atoms with van der Waals surface area (Å²) in [5.74, 6) is 4.87. The van der Waals surface area contributed by atoms with Gasteiger partial charge in [0.1, 0.15) is 12.1 Å². The highest BCUT2D eigenvalue weighted by Crippen LogP contribution is 2.22. The van der Waals surface area contributed by atoms with Gasteiger partial charge in [0.05, 0.1) is 13.2 Å². The SMILES string of the molecule is CCCCOc1nc(N)c2[nH]c(=O)n(Cc3ccc(CN4CCC(CCNC(=O)C=CNC(=O)CON)CC4)cc3)c2n1. The van der Waals surface area contributed by atoms with Gasteiger partial charge in [0.15, 0.2) is 11.5 Å². The number of nitrogens with zero attached hydrogens (tertiary/aromatic N) is 4. The number of carbonyl (C=O) groups excluding carboxylic acids is 2. The number of unbranched alkanes of at least 4 members (excludes halogenated alkanes) is 1. The molecule has 0 unspecified atom stereocenters. The summed E-state index contributed by atoms with van der Waals surface area (Å²) in [5.41, 5.74) is 8.78. The molecule has 1 fully saturated rings. The Morgan fingerprint density at radius 2 is 1.86 bits per heavy atom. The van der Waals surface area contributed by atoms with Crippen LogP contribution in [0, 0.1) is 5.92 Å². The number of imidazole rings is 1. The van der Waals surface area contributed by atoms with Crippen LogP contribution in [-0.2, 0) is 27.5 Å². The molecule has 1 aliphatic rings. The van der Waals surface area contributed by atoms with E-state index in [0.29, 0.717) is 36.8 Å². The highest BCUT2D eigenvalue weighted by Gasteiger charge is 2.19. The van der Waals surface area contributed by atoms with Gasteiger partial charge in [-0.05, 0) is 55.8 Å². The maximum atomic E-state index is 12.7. The Morgan fingerprint density at radius 3 is 2.56 bits per heavy atom. The summed E-state index contributed by atoms with van der Waals surface area (Å²) in [6.45, 7) is 6.05. The summed E-state index contributed by atoms with van der Waals surface area (Å²) in [5, 5.41) is 5.24. The van der Waals surface area contributed by atoms with Crippen molar-refractivity contribution in [2.45, 2.75) is 52.1 Å².